The molecule has 1 atom stereocenters. The Labute approximate surface area is 154 Å². The van der Waals surface area contributed by atoms with Gasteiger partial charge in [0.2, 0.25) is 0 Å². The predicted octanol–water partition coefficient (Wildman–Crippen LogP) is 3.69. The van der Waals surface area contributed by atoms with Crippen molar-refractivity contribution in [3.05, 3.63) is 69.7 Å². The summed E-state index contributed by atoms with van der Waals surface area (Å²) in [6.45, 7) is 0.470. The van der Waals surface area contributed by atoms with Gasteiger partial charge in [-0.05, 0) is 22.8 Å². The Morgan fingerprint density at radius 1 is 1.16 bits per heavy atom. The number of carbonyl (C=O) groups is 2. The molecule has 1 unspecified atom stereocenters. The molecule has 1 aliphatic rings. The number of carbonyl (C=O) groups excluding carboxylic acids is 2. The molecule has 0 N–H and O–H groups in total. The van der Waals surface area contributed by atoms with Crippen molar-refractivity contribution in [2.24, 2.45) is 0 Å². The van der Waals surface area contributed by atoms with Crippen molar-refractivity contribution >= 4 is 28.0 Å². The first kappa shape index (κ1) is 17.5. The first-order valence-corrected chi connectivity index (χ1v) is 8.71. The SMILES string of the molecule is COC(=O)C1Cc2c(Br)cccc2CN1C(=O)OCc1ccccc1. The van der Waals surface area contributed by atoms with E-state index in [0.29, 0.717) is 13.0 Å². The standard InChI is InChI=1S/C19H18BrNO4/c1-24-18(22)17-10-15-14(8-5-9-16(15)20)11-21(17)19(23)25-12-13-6-3-2-4-7-13/h2-9,17H,10-12H2,1H3. The van der Waals surface area contributed by atoms with Gasteiger partial charge in [0, 0.05) is 10.9 Å². The van der Waals surface area contributed by atoms with Crippen LogP contribution in [0.2, 0.25) is 0 Å². The van der Waals surface area contributed by atoms with Gasteiger partial charge in [0.15, 0.2) is 0 Å². The Hall–Kier alpha value is -2.34. The lowest BCUT2D eigenvalue weighted by molar-refractivity contribution is -0.147. The fourth-order valence-electron chi connectivity index (χ4n) is 2.92. The molecule has 0 radical (unpaired) electrons. The third kappa shape index (κ3) is 3.85. The topological polar surface area (TPSA) is 55.8 Å². The lowest BCUT2D eigenvalue weighted by atomic mass is 9.94. The maximum absolute atomic E-state index is 12.6. The molecule has 6 heteroatoms. The number of hydrogen-bond donors (Lipinski definition) is 0. The maximum atomic E-state index is 12.6. The van der Waals surface area contributed by atoms with Gasteiger partial charge < -0.3 is 9.47 Å². The van der Waals surface area contributed by atoms with Crippen LogP contribution < -0.4 is 0 Å². The molecule has 130 valence electrons. The van der Waals surface area contributed by atoms with E-state index >= 15 is 0 Å². The monoisotopic (exact) mass is 403 g/mol. The number of fused-ring (bicyclic) bond motifs is 1. The van der Waals surface area contributed by atoms with E-state index in [0.717, 1.165) is 21.2 Å². The van der Waals surface area contributed by atoms with Gasteiger partial charge in [-0.25, -0.2) is 9.59 Å². The fraction of sp³-hybridized carbons (Fsp3) is 0.263. The molecule has 0 saturated heterocycles. The number of esters is 1. The van der Waals surface area contributed by atoms with Gasteiger partial charge in [-0.2, -0.15) is 0 Å². The van der Waals surface area contributed by atoms with Crippen LogP contribution in [-0.2, 0) is 33.8 Å². The first-order valence-electron chi connectivity index (χ1n) is 7.91. The molecule has 0 bridgehead atoms. The molecule has 0 spiro atoms. The Kier molecular flexibility index (Phi) is 5.38. The van der Waals surface area contributed by atoms with Crippen molar-refractivity contribution in [3.63, 3.8) is 0 Å². The van der Waals surface area contributed by atoms with Crippen molar-refractivity contribution in [3.8, 4) is 0 Å². The van der Waals surface area contributed by atoms with Gasteiger partial charge in [0.1, 0.15) is 12.6 Å². The van der Waals surface area contributed by atoms with E-state index in [1.165, 1.54) is 12.0 Å². The molecule has 0 aliphatic carbocycles. The number of methoxy groups -OCH3 is 1. The third-order valence-electron chi connectivity index (χ3n) is 4.24. The summed E-state index contributed by atoms with van der Waals surface area (Å²) in [7, 11) is 1.32. The Balaban J connectivity index is 1.79. The molecule has 0 saturated carbocycles. The zero-order valence-corrected chi connectivity index (χ0v) is 15.4. The van der Waals surface area contributed by atoms with Gasteiger partial charge in [-0.3, -0.25) is 4.90 Å². The van der Waals surface area contributed by atoms with Crippen molar-refractivity contribution in [1.82, 2.24) is 4.90 Å². The average Bonchev–Trinajstić information content (AvgIpc) is 2.65. The molecule has 0 fully saturated rings. The zero-order chi connectivity index (χ0) is 17.8. The van der Waals surface area contributed by atoms with E-state index in [2.05, 4.69) is 15.9 Å². The summed E-state index contributed by atoms with van der Waals surface area (Å²) in [5.41, 5.74) is 2.90. The summed E-state index contributed by atoms with van der Waals surface area (Å²) < 4.78 is 11.2. The molecule has 1 amide bonds. The molecule has 2 aromatic carbocycles. The molecule has 0 aromatic heterocycles. The van der Waals surface area contributed by atoms with Crippen LogP contribution in [0.25, 0.3) is 0 Å². The average molecular weight is 404 g/mol. The van der Waals surface area contributed by atoms with Crippen LogP contribution >= 0.6 is 15.9 Å². The Morgan fingerprint density at radius 2 is 1.92 bits per heavy atom. The van der Waals surface area contributed by atoms with Gasteiger partial charge in [0.25, 0.3) is 0 Å². The minimum absolute atomic E-state index is 0.162. The lowest BCUT2D eigenvalue weighted by Gasteiger charge is -2.34. The quantitative estimate of drug-likeness (QED) is 0.733. The molecule has 1 heterocycles. The Bertz CT molecular complexity index is 778. The first-order chi connectivity index (χ1) is 12.1. The van der Waals surface area contributed by atoms with E-state index in [1.807, 2.05) is 48.5 Å². The second-order valence-corrected chi connectivity index (χ2v) is 6.64. The van der Waals surface area contributed by atoms with E-state index in [9.17, 15) is 9.59 Å². The van der Waals surface area contributed by atoms with Gasteiger partial charge in [-0.15, -0.1) is 0 Å². The van der Waals surface area contributed by atoms with Gasteiger partial charge >= 0.3 is 12.1 Å². The van der Waals surface area contributed by atoms with Crippen LogP contribution in [0, 0.1) is 0 Å². The van der Waals surface area contributed by atoms with Crippen LogP contribution in [0.3, 0.4) is 0 Å². The largest absolute Gasteiger partial charge is 0.467 e. The molecule has 25 heavy (non-hydrogen) atoms. The summed E-state index contributed by atoms with van der Waals surface area (Å²) in [5.74, 6) is -0.446. The number of benzene rings is 2. The van der Waals surface area contributed by atoms with Crippen molar-refractivity contribution in [1.29, 1.82) is 0 Å². The maximum Gasteiger partial charge on any atom is 0.411 e. The molecule has 1 aliphatic heterocycles. The highest BCUT2D eigenvalue weighted by molar-refractivity contribution is 9.10. The number of rotatable bonds is 3. The fourth-order valence-corrected chi connectivity index (χ4v) is 3.49. The number of amides is 1. The number of nitrogens with zero attached hydrogens (tertiary/aromatic N) is 1. The van der Waals surface area contributed by atoms with Crippen LogP contribution in [-0.4, -0.2) is 30.1 Å². The smallest absolute Gasteiger partial charge is 0.411 e. The van der Waals surface area contributed by atoms with Crippen LogP contribution in [0.15, 0.2) is 53.0 Å². The van der Waals surface area contributed by atoms with Crippen molar-refractivity contribution in [2.75, 3.05) is 7.11 Å². The van der Waals surface area contributed by atoms with Crippen molar-refractivity contribution in [2.45, 2.75) is 25.6 Å². The number of ether oxygens (including phenoxy) is 2. The third-order valence-corrected chi connectivity index (χ3v) is 4.99. The molecular formula is C19H18BrNO4. The van der Waals surface area contributed by atoms with E-state index < -0.39 is 18.1 Å². The van der Waals surface area contributed by atoms with Gasteiger partial charge in [0.05, 0.1) is 13.7 Å². The molecular weight excluding hydrogens is 386 g/mol. The minimum atomic E-state index is -0.695. The highest BCUT2D eigenvalue weighted by atomic mass is 79.9. The number of halogens is 1. The summed E-state index contributed by atoms with van der Waals surface area (Å²) in [6, 6.07) is 14.5. The minimum Gasteiger partial charge on any atom is -0.467 e. The second-order valence-electron chi connectivity index (χ2n) is 5.79. The van der Waals surface area contributed by atoms with Gasteiger partial charge in [-0.1, -0.05) is 58.4 Å². The second kappa shape index (κ2) is 7.70. The van der Waals surface area contributed by atoms with Crippen LogP contribution in [0.5, 0.6) is 0 Å². The van der Waals surface area contributed by atoms with Crippen molar-refractivity contribution < 1.29 is 19.1 Å². The van der Waals surface area contributed by atoms with Crippen LogP contribution in [0.4, 0.5) is 4.79 Å². The summed E-state index contributed by atoms with van der Waals surface area (Å²) in [5, 5.41) is 0. The summed E-state index contributed by atoms with van der Waals surface area (Å²) in [4.78, 5) is 26.2. The summed E-state index contributed by atoms with van der Waals surface area (Å²) >= 11 is 3.51. The highest BCUT2D eigenvalue weighted by Crippen LogP contribution is 2.30. The van der Waals surface area contributed by atoms with E-state index in [4.69, 9.17) is 9.47 Å². The molecule has 3 rings (SSSR count). The van der Waals surface area contributed by atoms with E-state index in [1.54, 1.807) is 0 Å². The molecule has 2 aromatic rings. The summed E-state index contributed by atoms with van der Waals surface area (Å²) in [6.07, 6.45) is -0.131. The molecule has 5 nitrogen and oxygen atoms in total. The van der Waals surface area contributed by atoms with E-state index in [-0.39, 0.29) is 6.61 Å². The number of hydrogen-bond acceptors (Lipinski definition) is 4. The van der Waals surface area contributed by atoms with Crippen LogP contribution in [0.1, 0.15) is 16.7 Å². The lowest BCUT2D eigenvalue weighted by Crippen LogP contribution is -2.49. The normalized spacial score (nSPS) is 16.1. The predicted molar refractivity (Wildman–Crippen MR) is 95.8 cm³/mol. The Morgan fingerprint density at radius 3 is 2.64 bits per heavy atom. The highest BCUT2D eigenvalue weighted by Gasteiger charge is 2.37. The zero-order valence-electron chi connectivity index (χ0n) is 13.8.